The minimum Gasteiger partial charge on any atom is -0.272 e. The fraction of sp³-hybridized carbons (Fsp3) is 0.125. The second kappa shape index (κ2) is 2.73. The molecule has 1 aromatic rings. The molecule has 0 fully saturated rings. The van der Waals surface area contributed by atoms with Crippen molar-refractivity contribution in [2.24, 2.45) is 4.99 Å². The van der Waals surface area contributed by atoms with Gasteiger partial charge in [0.05, 0.1) is 18.2 Å². The van der Waals surface area contributed by atoms with E-state index in [1.807, 2.05) is 6.07 Å². The maximum Gasteiger partial charge on any atom is 0.254 e. The van der Waals surface area contributed by atoms with Crippen LogP contribution in [0.3, 0.4) is 0 Å². The highest BCUT2D eigenvalue weighted by Gasteiger charge is 2.17. The van der Waals surface area contributed by atoms with Gasteiger partial charge in [-0.3, -0.25) is 19.7 Å². The molecule has 0 atom stereocenters. The van der Waals surface area contributed by atoms with Crippen LogP contribution in [0.4, 0.5) is 5.69 Å². The maximum atomic E-state index is 11.1. The molecule has 0 bridgehead atoms. The summed E-state index contributed by atoms with van der Waals surface area (Å²) >= 11 is 0. The number of hydrogen-bond donors (Lipinski definition) is 0. The van der Waals surface area contributed by atoms with E-state index in [9.17, 15) is 4.79 Å². The number of nitrogens with zero attached hydrogens (tertiary/aromatic N) is 3. The zero-order valence-electron chi connectivity index (χ0n) is 6.34. The number of anilines is 1. The molecule has 4 nitrogen and oxygen atoms in total. The average Bonchev–Trinajstić information content (AvgIpc) is 2.53. The Hall–Kier alpha value is -1.71. The number of pyridine rings is 1. The molecule has 0 unspecified atom stereocenters. The van der Waals surface area contributed by atoms with Crippen LogP contribution in [0, 0.1) is 0 Å². The number of amides is 1. The quantitative estimate of drug-likeness (QED) is 0.600. The number of carbonyl (C=O) groups excluding carboxylic acids is 1. The lowest BCUT2D eigenvalue weighted by Crippen LogP contribution is -2.25. The Balaban J connectivity index is 2.31. The molecule has 1 amide bonds. The van der Waals surface area contributed by atoms with E-state index < -0.39 is 0 Å². The smallest absolute Gasteiger partial charge is 0.254 e. The summed E-state index contributed by atoms with van der Waals surface area (Å²) in [7, 11) is 0. The van der Waals surface area contributed by atoms with Crippen molar-refractivity contribution in [1.29, 1.82) is 0 Å². The number of rotatable bonds is 1. The first-order valence-corrected chi connectivity index (χ1v) is 3.60. The summed E-state index contributed by atoms with van der Waals surface area (Å²) in [5.41, 5.74) is 0.767. The molecule has 0 aliphatic carbocycles. The first kappa shape index (κ1) is 6.97. The molecule has 2 heterocycles. The molecule has 1 aliphatic heterocycles. The molecular formula is C8H7N3O. The summed E-state index contributed by atoms with van der Waals surface area (Å²) < 4.78 is 0. The molecule has 0 N–H and O–H groups in total. The molecule has 0 spiro atoms. The van der Waals surface area contributed by atoms with Crippen LogP contribution in [0.2, 0.25) is 0 Å². The third-order valence-electron chi connectivity index (χ3n) is 1.62. The van der Waals surface area contributed by atoms with Gasteiger partial charge in [0.1, 0.15) is 6.54 Å². The number of hydrogen-bond acceptors (Lipinski definition) is 3. The Kier molecular flexibility index (Phi) is 1.59. The molecule has 1 aliphatic rings. The maximum absolute atomic E-state index is 11.1. The van der Waals surface area contributed by atoms with Crippen LogP contribution in [0.1, 0.15) is 0 Å². The van der Waals surface area contributed by atoms with Gasteiger partial charge < -0.3 is 0 Å². The Morgan fingerprint density at radius 2 is 2.42 bits per heavy atom. The molecule has 2 rings (SSSR count). The minimum atomic E-state index is -0.0111. The van der Waals surface area contributed by atoms with Crippen molar-refractivity contribution in [2.45, 2.75) is 0 Å². The monoisotopic (exact) mass is 161 g/mol. The van der Waals surface area contributed by atoms with Crippen LogP contribution >= 0.6 is 0 Å². The SMILES string of the molecule is O=C1CN=CN1c1cccnc1. The topological polar surface area (TPSA) is 45.6 Å². The van der Waals surface area contributed by atoms with E-state index in [2.05, 4.69) is 9.98 Å². The van der Waals surface area contributed by atoms with Gasteiger partial charge in [-0.05, 0) is 12.1 Å². The highest BCUT2D eigenvalue weighted by molar-refractivity contribution is 6.12. The normalized spacial score (nSPS) is 15.7. The van der Waals surface area contributed by atoms with Gasteiger partial charge in [0.2, 0.25) is 0 Å². The second-order valence-corrected chi connectivity index (χ2v) is 2.43. The summed E-state index contributed by atoms with van der Waals surface area (Å²) in [6.45, 7) is 0.245. The van der Waals surface area contributed by atoms with E-state index in [-0.39, 0.29) is 12.5 Å². The van der Waals surface area contributed by atoms with E-state index in [1.54, 1.807) is 18.5 Å². The lowest BCUT2D eigenvalue weighted by molar-refractivity contribution is -0.115. The second-order valence-electron chi connectivity index (χ2n) is 2.43. The molecule has 0 saturated carbocycles. The summed E-state index contributed by atoms with van der Waals surface area (Å²) in [6.07, 6.45) is 4.83. The van der Waals surface area contributed by atoms with E-state index >= 15 is 0 Å². The molecule has 1 aromatic heterocycles. The predicted octanol–water partition coefficient (Wildman–Crippen LogP) is 0.456. The Morgan fingerprint density at radius 1 is 1.50 bits per heavy atom. The highest BCUT2D eigenvalue weighted by atomic mass is 16.2. The molecule has 0 saturated heterocycles. The van der Waals surface area contributed by atoms with Crippen LogP contribution in [0.5, 0.6) is 0 Å². The number of aliphatic imine (C=N–C) groups is 1. The van der Waals surface area contributed by atoms with Crippen molar-refractivity contribution < 1.29 is 4.79 Å². The van der Waals surface area contributed by atoms with E-state index in [1.165, 1.54) is 11.2 Å². The lowest BCUT2D eigenvalue weighted by atomic mass is 10.4. The van der Waals surface area contributed by atoms with E-state index in [0.717, 1.165) is 5.69 Å². The Morgan fingerprint density at radius 3 is 3.00 bits per heavy atom. The zero-order valence-corrected chi connectivity index (χ0v) is 6.34. The summed E-state index contributed by atoms with van der Waals surface area (Å²) in [4.78, 5) is 20.4. The number of aromatic nitrogens is 1. The molecule has 4 heteroatoms. The van der Waals surface area contributed by atoms with Crippen LogP contribution in [-0.2, 0) is 4.79 Å². The largest absolute Gasteiger partial charge is 0.272 e. The van der Waals surface area contributed by atoms with Crippen LogP contribution in [-0.4, -0.2) is 23.8 Å². The van der Waals surface area contributed by atoms with Gasteiger partial charge in [-0.25, -0.2) is 0 Å². The van der Waals surface area contributed by atoms with E-state index in [4.69, 9.17) is 0 Å². The van der Waals surface area contributed by atoms with Crippen molar-refractivity contribution in [3.63, 3.8) is 0 Å². The molecule has 0 aromatic carbocycles. The fourth-order valence-electron chi connectivity index (χ4n) is 1.05. The highest BCUT2D eigenvalue weighted by Crippen LogP contribution is 2.12. The third-order valence-corrected chi connectivity index (χ3v) is 1.62. The summed E-state index contributed by atoms with van der Waals surface area (Å²) in [5, 5.41) is 0. The lowest BCUT2D eigenvalue weighted by Gasteiger charge is -2.09. The van der Waals surface area contributed by atoms with Gasteiger partial charge >= 0.3 is 0 Å². The summed E-state index contributed by atoms with van der Waals surface area (Å²) in [5.74, 6) is -0.0111. The zero-order chi connectivity index (χ0) is 8.39. The molecular weight excluding hydrogens is 154 g/mol. The number of carbonyl (C=O) groups is 1. The molecule has 60 valence electrons. The molecule has 12 heavy (non-hydrogen) atoms. The average molecular weight is 161 g/mol. The van der Waals surface area contributed by atoms with E-state index in [0.29, 0.717) is 0 Å². The third kappa shape index (κ3) is 1.07. The summed E-state index contributed by atoms with van der Waals surface area (Å²) in [6, 6.07) is 3.61. The van der Waals surface area contributed by atoms with Crippen LogP contribution in [0.25, 0.3) is 0 Å². The molecule has 0 radical (unpaired) electrons. The van der Waals surface area contributed by atoms with Gasteiger partial charge in [0, 0.05) is 6.20 Å². The first-order chi connectivity index (χ1) is 5.88. The Labute approximate surface area is 69.6 Å². The van der Waals surface area contributed by atoms with Gasteiger partial charge in [0.25, 0.3) is 5.91 Å². The van der Waals surface area contributed by atoms with Crippen molar-refractivity contribution in [1.82, 2.24) is 4.98 Å². The van der Waals surface area contributed by atoms with Gasteiger partial charge in [-0.2, -0.15) is 0 Å². The predicted molar refractivity (Wildman–Crippen MR) is 45.1 cm³/mol. The minimum absolute atomic E-state index is 0.0111. The van der Waals surface area contributed by atoms with Crippen molar-refractivity contribution in [3.05, 3.63) is 24.5 Å². The fourth-order valence-corrected chi connectivity index (χ4v) is 1.05. The van der Waals surface area contributed by atoms with Crippen molar-refractivity contribution >= 4 is 17.9 Å². The van der Waals surface area contributed by atoms with Crippen LogP contribution in [0.15, 0.2) is 29.5 Å². The Bertz CT molecular complexity index is 320. The van der Waals surface area contributed by atoms with Crippen molar-refractivity contribution in [2.75, 3.05) is 11.4 Å². The van der Waals surface area contributed by atoms with Crippen LogP contribution < -0.4 is 4.90 Å². The van der Waals surface area contributed by atoms with Crippen molar-refractivity contribution in [3.8, 4) is 0 Å². The first-order valence-electron chi connectivity index (χ1n) is 3.60. The van der Waals surface area contributed by atoms with Gasteiger partial charge in [0.15, 0.2) is 0 Å². The van der Waals surface area contributed by atoms with Gasteiger partial charge in [-0.15, -0.1) is 0 Å². The van der Waals surface area contributed by atoms with Gasteiger partial charge in [-0.1, -0.05) is 0 Å². The standard InChI is InChI=1S/C8H7N3O/c12-8-5-10-6-11(8)7-2-1-3-9-4-7/h1-4,6H,5H2.